The first kappa shape index (κ1) is 18.2. The lowest BCUT2D eigenvalue weighted by atomic mass is 10.0. The second-order valence-corrected chi connectivity index (χ2v) is 5.75. The Morgan fingerprint density at radius 3 is 2.25 bits per heavy atom. The maximum atomic E-state index is 13.7. The Bertz CT molecular complexity index is 779. The lowest BCUT2D eigenvalue weighted by molar-refractivity contribution is -0.119. The quantitative estimate of drug-likeness (QED) is 0.846. The third kappa shape index (κ3) is 4.01. The van der Waals surface area contributed by atoms with E-state index >= 15 is 0 Å². The maximum absolute atomic E-state index is 13.7. The fourth-order valence-electron chi connectivity index (χ4n) is 2.07. The summed E-state index contributed by atoms with van der Waals surface area (Å²) in [5.41, 5.74) is 5.14. The van der Waals surface area contributed by atoms with Crippen molar-refractivity contribution in [2.45, 2.75) is 12.5 Å². The molecule has 126 valence electrons. The third-order valence-electron chi connectivity index (χ3n) is 3.31. The average molecular weight is 373 g/mol. The first-order valence-electron chi connectivity index (χ1n) is 6.78. The molecular formula is C16H12Cl2F2N2O2. The second-order valence-electron chi connectivity index (χ2n) is 4.93. The highest BCUT2D eigenvalue weighted by molar-refractivity contribution is 6.36. The van der Waals surface area contributed by atoms with Crippen molar-refractivity contribution in [1.29, 1.82) is 0 Å². The topological polar surface area (TPSA) is 72.2 Å². The van der Waals surface area contributed by atoms with Gasteiger partial charge in [-0.2, -0.15) is 0 Å². The lowest BCUT2D eigenvalue weighted by Crippen LogP contribution is -2.46. The molecule has 0 saturated carbocycles. The van der Waals surface area contributed by atoms with Crippen molar-refractivity contribution in [3.05, 3.63) is 69.2 Å². The number of nitrogens with one attached hydrogen (secondary N) is 1. The van der Waals surface area contributed by atoms with E-state index in [-0.39, 0.29) is 6.42 Å². The molecule has 0 aliphatic rings. The van der Waals surface area contributed by atoms with Crippen molar-refractivity contribution in [3.8, 4) is 0 Å². The molecule has 0 heterocycles. The van der Waals surface area contributed by atoms with E-state index in [9.17, 15) is 18.4 Å². The molecule has 0 bridgehead atoms. The number of benzene rings is 2. The van der Waals surface area contributed by atoms with Crippen LogP contribution in [0.25, 0.3) is 0 Å². The number of rotatable bonds is 5. The Kier molecular flexibility index (Phi) is 5.75. The molecular weight excluding hydrogens is 361 g/mol. The zero-order chi connectivity index (χ0) is 17.9. The van der Waals surface area contributed by atoms with Gasteiger partial charge in [0.2, 0.25) is 5.91 Å². The molecule has 0 radical (unpaired) electrons. The van der Waals surface area contributed by atoms with Crippen LogP contribution >= 0.6 is 23.2 Å². The molecule has 0 fully saturated rings. The van der Waals surface area contributed by atoms with Gasteiger partial charge in [-0.05, 0) is 29.8 Å². The number of hydrogen-bond donors (Lipinski definition) is 2. The van der Waals surface area contributed by atoms with Crippen LogP contribution in [-0.4, -0.2) is 17.9 Å². The number of halogens is 4. The summed E-state index contributed by atoms with van der Waals surface area (Å²) < 4.78 is 26.9. The molecule has 4 nitrogen and oxygen atoms in total. The normalized spacial score (nSPS) is 11.8. The van der Waals surface area contributed by atoms with Crippen molar-refractivity contribution in [2.24, 2.45) is 5.73 Å². The molecule has 2 amide bonds. The van der Waals surface area contributed by atoms with Crippen molar-refractivity contribution < 1.29 is 18.4 Å². The molecule has 8 heteroatoms. The van der Waals surface area contributed by atoms with Gasteiger partial charge in [0, 0.05) is 16.5 Å². The Balaban J connectivity index is 2.25. The molecule has 0 spiro atoms. The number of carbonyl (C=O) groups is 2. The van der Waals surface area contributed by atoms with Crippen LogP contribution in [0, 0.1) is 11.6 Å². The lowest BCUT2D eigenvalue weighted by Gasteiger charge is -2.17. The summed E-state index contributed by atoms with van der Waals surface area (Å²) in [5, 5.41) is 2.85. The zero-order valence-corrected chi connectivity index (χ0v) is 13.7. The minimum atomic E-state index is -1.31. The average Bonchev–Trinajstić information content (AvgIpc) is 2.52. The molecule has 0 unspecified atom stereocenters. The molecule has 3 N–H and O–H groups in total. The monoisotopic (exact) mass is 372 g/mol. The highest BCUT2D eigenvalue weighted by Gasteiger charge is 2.24. The van der Waals surface area contributed by atoms with Crippen LogP contribution in [0.1, 0.15) is 15.9 Å². The van der Waals surface area contributed by atoms with Gasteiger partial charge in [0.05, 0.1) is 5.56 Å². The summed E-state index contributed by atoms with van der Waals surface area (Å²) in [4.78, 5) is 23.7. The van der Waals surface area contributed by atoms with Gasteiger partial charge in [-0.15, -0.1) is 0 Å². The number of carbonyl (C=O) groups excluding carboxylic acids is 2. The van der Waals surface area contributed by atoms with Gasteiger partial charge in [0.1, 0.15) is 6.04 Å². The molecule has 24 heavy (non-hydrogen) atoms. The van der Waals surface area contributed by atoms with Crippen molar-refractivity contribution in [1.82, 2.24) is 5.32 Å². The van der Waals surface area contributed by atoms with Gasteiger partial charge in [-0.1, -0.05) is 35.3 Å². The largest absolute Gasteiger partial charge is 0.368 e. The molecule has 2 rings (SSSR count). The summed E-state index contributed by atoms with van der Waals surface area (Å²) in [5.74, 6) is -4.32. The standard InChI is InChI=1S/C16H12Cl2F2N2O2/c17-10-4-2-5-11(18)9(10)7-13(15(21)23)22-16(24)8-3-1-6-12(19)14(8)20/h1-6,13H,7H2,(H2,21,23)(H,22,24)/t13-/m0/s1. The minimum absolute atomic E-state index is 0.0868. The van der Waals surface area contributed by atoms with Crippen molar-refractivity contribution >= 4 is 35.0 Å². The number of hydrogen-bond acceptors (Lipinski definition) is 2. The summed E-state index contributed by atoms with van der Waals surface area (Å²) in [6.45, 7) is 0. The van der Waals surface area contributed by atoms with Gasteiger partial charge in [-0.3, -0.25) is 9.59 Å². The molecule has 0 saturated heterocycles. The molecule has 1 atom stereocenters. The van der Waals surface area contributed by atoms with E-state index in [1.807, 2.05) is 0 Å². The molecule has 0 aliphatic carbocycles. The predicted molar refractivity (Wildman–Crippen MR) is 87.0 cm³/mol. The van der Waals surface area contributed by atoms with Gasteiger partial charge < -0.3 is 11.1 Å². The van der Waals surface area contributed by atoms with E-state index in [0.717, 1.165) is 12.1 Å². The molecule has 2 aromatic rings. The summed E-state index contributed by atoms with van der Waals surface area (Å²) >= 11 is 12.0. The van der Waals surface area contributed by atoms with E-state index in [1.54, 1.807) is 18.2 Å². The smallest absolute Gasteiger partial charge is 0.255 e. The van der Waals surface area contributed by atoms with Crippen LogP contribution in [-0.2, 0) is 11.2 Å². The van der Waals surface area contributed by atoms with Gasteiger partial charge in [-0.25, -0.2) is 8.78 Å². The van der Waals surface area contributed by atoms with Crippen LogP contribution in [0.3, 0.4) is 0 Å². The van der Waals surface area contributed by atoms with E-state index in [0.29, 0.717) is 15.6 Å². The number of nitrogens with two attached hydrogens (primary N) is 1. The van der Waals surface area contributed by atoms with E-state index in [1.165, 1.54) is 6.07 Å². The van der Waals surface area contributed by atoms with Crippen LogP contribution in [0.15, 0.2) is 36.4 Å². The number of amides is 2. The van der Waals surface area contributed by atoms with Gasteiger partial charge >= 0.3 is 0 Å². The van der Waals surface area contributed by atoms with Gasteiger partial charge in [0.25, 0.3) is 5.91 Å². The Labute approximate surface area is 146 Å². The van der Waals surface area contributed by atoms with Crippen LogP contribution in [0.5, 0.6) is 0 Å². The van der Waals surface area contributed by atoms with Crippen LogP contribution in [0.2, 0.25) is 10.0 Å². The van der Waals surface area contributed by atoms with E-state index in [4.69, 9.17) is 28.9 Å². The number of primary amides is 1. The Morgan fingerprint density at radius 2 is 1.67 bits per heavy atom. The zero-order valence-electron chi connectivity index (χ0n) is 12.2. The highest BCUT2D eigenvalue weighted by Crippen LogP contribution is 2.25. The Hall–Kier alpha value is -2.18. The van der Waals surface area contributed by atoms with Crippen LogP contribution in [0.4, 0.5) is 8.78 Å². The SMILES string of the molecule is NC(=O)[C@H](Cc1c(Cl)cccc1Cl)NC(=O)c1cccc(F)c1F. The van der Waals surface area contributed by atoms with Gasteiger partial charge in [0.15, 0.2) is 11.6 Å². The fourth-order valence-corrected chi connectivity index (χ4v) is 2.62. The van der Waals surface area contributed by atoms with Crippen molar-refractivity contribution in [2.75, 3.05) is 0 Å². The molecule has 2 aromatic carbocycles. The first-order valence-corrected chi connectivity index (χ1v) is 7.54. The molecule has 0 aliphatic heterocycles. The van der Waals surface area contributed by atoms with E-state index < -0.39 is 35.1 Å². The second kappa shape index (κ2) is 7.59. The Morgan fingerprint density at radius 1 is 1.08 bits per heavy atom. The van der Waals surface area contributed by atoms with Crippen LogP contribution < -0.4 is 11.1 Å². The molecule has 0 aromatic heterocycles. The minimum Gasteiger partial charge on any atom is -0.368 e. The maximum Gasteiger partial charge on any atom is 0.255 e. The van der Waals surface area contributed by atoms with E-state index in [2.05, 4.69) is 5.32 Å². The highest BCUT2D eigenvalue weighted by atomic mass is 35.5. The van der Waals surface area contributed by atoms with Crippen molar-refractivity contribution in [3.63, 3.8) is 0 Å². The fraction of sp³-hybridized carbons (Fsp3) is 0.125. The summed E-state index contributed by atoms with van der Waals surface area (Å²) in [6.07, 6.45) is -0.0868. The summed E-state index contributed by atoms with van der Waals surface area (Å²) in [6, 6.07) is 6.70. The third-order valence-corrected chi connectivity index (χ3v) is 4.02. The summed E-state index contributed by atoms with van der Waals surface area (Å²) in [7, 11) is 0. The first-order chi connectivity index (χ1) is 11.3. The predicted octanol–water partition coefficient (Wildman–Crippen LogP) is 3.10.